The number of aliphatic carboxylic acids is 1. The Morgan fingerprint density at radius 3 is 2.55 bits per heavy atom. The normalized spacial score (nSPS) is 12.6. The van der Waals surface area contributed by atoms with Crippen LogP contribution in [0.2, 0.25) is 0 Å². The van der Waals surface area contributed by atoms with Crippen molar-refractivity contribution in [1.82, 2.24) is 14.1 Å². The number of carboxylic acid groups (broad SMARTS) is 1. The van der Waals surface area contributed by atoms with Crippen LogP contribution in [0, 0.1) is 5.92 Å². The van der Waals surface area contributed by atoms with E-state index in [0.717, 1.165) is 39.4 Å². The zero-order valence-electron chi connectivity index (χ0n) is 19.2. The van der Waals surface area contributed by atoms with Crippen LogP contribution in [0.4, 0.5) is 0 Å². The summed E-state index contributed by atoms with van der Waals surface area (Å²) in [6.07, 6.45) is 3.45. The molecular formula is C26H29N3O4. The van der Waals surface area contributed by atoms with Crippen LogP contribution < -0.4 is 11.2 Å². The van der Waals surface area contributed by atoms with Gasteiger partial charge in [0.25, 0.3) is 5.56 Å². The lowest BCUT2D eigenvalue weighted by Crippen LogP contribution is -2.41. The Kier molecular flexibility index (Phi) is 6.22. The van der Waals surface area contributed by atoms with Gasteiger partial charge in [-0.1, -0.05) is 38.1 Å². The number of benzene rings is 2. The number of carboxylic acids is 1. The zero-order valence-corrected chi connectivity index (χ0v) is 19.2. The van der Waals surface area contributed by atoms with Gasteiger partial charge >= 0.3 is 11.7 Å². The monoisotopic (exact) mass is 447 g/mol. The first-order valence-electron chi connectivity index (χ1n) is 11.3. The highest BCUT2D eigenvalue weighted by atomic mass is 16.4. The number of hydrogen-bond donors (Lipinski definition) is 2. The highest BCUT2D eigenvalue weighted by molar-refractivity contribution is 5.84. The number of aryl methyl sites for hydroxylation is 1. The summed E-state index contributed by atoms with van der Waals surface area (Å²) < 4.78 is 2.68. The lowest BCUT2D eigenvalue weighted by Gasteiger charge is -2.20. The summed E-state index contributed by atoms with van der Waals surface area (Å²) in [6, 6.07) is 13.1. The van der Waals surface area contributed by atoms with Crippen molar-refractivity contribution >= 4 is 27.8 Å². The van der Waals surface area contributed by atoms with Gasteiger partial charge in [-0.2, -0.15) is 0 Å². The van der Waals surface area contributed by atoms with Gasteiger partial charge in [-0.15, -0.1) is 0 Å². The van der Waals surface area contributed by atoms with E-state index in [0.29, 0.717) is 16.8 Å². The van der Waals surface area contributed by atoms with Crippen LogP contribution >= 0.6 is 0 Å². The molecule has 0 spiro atoms. The van der Waals surface area contributed by atoms with Crippen molar-refractivity contribution in [2.24, 2.45) is 5.92 Å². The van der Waals surface area contributed by atoms with Gasteiger partial charge in [-0.3, -0.25) is 18.7 Å². The summed E-state index contributed by atoms with van der Waals surface area (Å²) in [5, 5.41) is 10.5. The van der Waals surface area contributed by atoms with Gasteiger partial charge in [0.15, 0.2) is 0 Å². The van der Waals surface area contributed by atoms with Crippen LogP contribution in [0.1, 0.15) is 50.8 Å². The molecule has 2 heterocycles. The largest absolute Gasteiger partial charge is 0.481 e. The van der Waals surface area contributed by atoms with Gasteiger partial charge in [0.1, 0.15) is 0 Å². The molecule has 0 saturated heterocycles. The second kappa shape index (κ2) is 9.10. The van der Waals surface area contributed by atoms with Crippen molar-refractivity contribution < 1.29 is 9.90 Å². The number of H-pyrrole nitrogens is 1. The van der Waals surface area contributed by atoms with Gasteiger partial charge in [0, 0.05) is 29.2 Å². The van der Waals surface area contributed by atoms with E-state index in [1.165, 1.54) is 0 Å². The number of nitrogens with one attached hydrogen (secondary N) is 1. The molecule has 0 fully saturated rings. The fourth-order valence-electron chi connectivity index (χ4n) is 4.39. The quantitative estimate of drug-likeness (QED) is 0.420. The van der Waals surface area contributed by atoms with Crippen LogP contribution in [0.3, 0.4) is 0 Å². The maximum Gasteiger partial charge on any atom is 0.332 e. The fraction of sp³-hybridized carbons (Fsp3) is 0.346. The van der Waals surface area contributed by atoms with Crippen molar-refractivity contribution in [3.05, 3.63) is 80.6 Å². The molecule has 2 aromatic heterocycles. The SMILES string of the molecule is CC(C)CCc1ccc2c(=O)n(CCC(=O)O)c(=O)n(C(C)c3c[nH]c4ccccc34)c2c1. The molecule has 1 unspecified atom stereocenters. The highest BCUT2D eigenvalue weighted by Crippen LogP contribution is 2.28. The molecule has 7 nitrogen and oxygen atoms in total. The Morgan fingerprint density at radius 2 is 1.82 bits per heavy atom. The van der Waals surface area contributed by atoms with E-state index in [9.17, 15) is 14.4 Å². The van der Waals surface area contributed by atoms with E-state index >= 15 is 0 Å². The molecule has 0 saturated carbocycles. The second-order valence-electron chi connectivity index (χ2n) is 9.00. The van der Waals surface area contributed by atoms with Crippen molar-refractivity contribution in [1.29, 1.82) is 0 Å². The van der Waals surface area contributed by atoms with Crippen LogP contribution in [0.5, 0.6) is 0 Å². The van der Waals surface area contributed by atoms with Crippen LogP contribution in [-0.4, -0.2) is 25.2 Å². The molecule has 0 aliphatic heterocycles. The zero-order chi connectivity index (χ0) is 23.7. The van der Waals surface area contributed by atoms with E-state index in [1.807, 2.05) is 49.5 Å². The van der Waals surface area contributed by atoms with Gasteiger partial charge in [-0.25, -0.2) is 4.79 Å². The van der Waals surface area contributed by atoms with Gasteiger partial charge < -0.3 is 10.1 Å². The van der Waals surface area contributed by atoms with Crippen molar-refractivity contribution in [3.63, 3.8) is 0 Å². The Hall–Kier alpha value is -3.61. The molecule has 0 aliphatic carbocycles. The van der Waals surface area contributed by atoms with E-state index in [-0.39, 0.29) is 19.0 Å². The molecule has 2 N–H and O–H groups in total. The summed E-state index contributed by atoms with van der Waals surface area (Å²) in [4.78, 5) is 41.2. The van der Waals surface area contributed by atoms with Crippen LogP contribution in [0.25, 0.3) is 21.8 Å². The molecular weight excluding hydrogens is 418 g/mol. The van der Waals surface area contributed by atoms with Crippen LogP contribution in [0.15, 0.2) is 58.3 Å². The maximum absolute atomic E-state index is 13.6. The molecule has 7 heteroatoms. The summed E-state index contributed by atoms with van der Waals surface area (Å²) in [5.74, 6) is -0.515. The number of nitrogens with zero attached hydrogens (tertiary/aromatic N) is 2. The molecule has 0 radical (unpaired) electrons. The molecule has 1 atom stereocenters. The summed E-state index contributed by atoms with van der Waals surface area (Å²) >= 11 is 0. The number of carbonyl (C=O) groups is 1. The highest BCUT2D eigenvalue weighted by Gasteiger charge is 2.21. The fourth-order valence-corrected chi connectivity index (χ4v) is 4.39. The van der Waals surface area contributed by atoms with E-state index < -0.39 is 17.2 Å². The number of aromatic nitrogens is 3. The molecule has 2 aromatic carbocycles. The van der Waals surface area contributed by atoms with E-state index in [1.54, 1.807) is 10.6 Å². The summed E-state index contributed by atoms with van der Waals surface area (Å²) in [5.41, 5.74) is 2.61. The van der Waals surface area contributed by atoms with Crippen molar-refractivity contribution in [3.8, 4) is 0 Å². The average Bonchev–Trinajstić information content (AvgIpc) is 3.21. The summed E-state index contributed by atoms with van der Waals surface area (Å²) in [6.45, 7) is 6.09. The number of fused-ring (bicyclic) bond motifs is 2. The third kappa shape index (κ3) is 4.35. The second-order valence-corrected chi connectivity index (χ2v) is 9.00. The minimum absolute atomic E-state index is 0.168. The smallest absolute Gasteiger partial charge is 0.332 e. The Balaban J connectivity index is 1.95. The molecule has 4 aromatic rings. The first-order valence-corrected chi connectivity index (χ1v) is 11.3. The predicted molar refractivity (Wildman–Crippen MR) is 130 cm³/mol. The van der Waals surface area contributed by atoms with Crippen LogP contribution in [-0.2, 0) is 17.8 Å². The van der Waals surface area contributed by atoms with Gasteiger partial charge in [0.05, 0.1) is 23.4 Å². The number of hydrogen-bond acceptors (Lipinski definition) is 3. The van der Waals surface area contributed by atoms with E-state index in [2.05, 4.69) is 18.8 Å². The molecule has 0 amide bonds. The third-order valence-corrected chi connectivity index (χ3v) is 6.25. The molecule has 33 heavy (non-hydrogen) atoms. The first-order chi connectivity index (χ1) is 15.8. The molecule has 172 valence electrons. The molecule has 0 bridgehead atoms. The number of rotatable bonds is 8. The minimum Gasteiger partial charge on any atom is -0.481 e. The third-order valence-electron chi connectivity index (χ3n) is 6.25. The number of para-hydroxylation sites is 1. The topological polar surface area (TPSA) is 97.1 Å². The standard InChI is InChI=1S/C26H29N3O4/c1-16(2)8-9-18-10-11-20-23(14-18)29(26(33)28(25(20)32)13-12-24(30)31)17(3)21-15-27-22-7-5-4-6-19(21)22/h4-7,10-11,14-17,27H,8-9,12-13H2,1-3H3,(H,30,31). The van der Waals surface area contributed by atoms with Crippen molar-refractivity contribution in [2.75, 3.05) is 0 Å². The predicted octanol–water partition coefficient (Wildman–Crippen LogP) is 4.32. The average molecular weight is 448 g/mol. The Morgan fingerprint density at radius 1 is 1.06 bits per heavy atom. The van der Waals surface area contributed by atoms with Gasteiger partial charge in [0.2, 0.25) is 0 Å². The number of aromatic amines is 1. The lowest BCUT2D eigenvalue weighted by molar-refractivity contribution is -0.137. The minimum atomic E-state index is -1.05. The van der Waals surface area contributed by atoms with Crippen molar-refractivity contribution in [2.45, 2.75) is 52.6 Å². The first kappa shape index (κ1) is 22.6. The maximum atomic E-state index is 13.6. The lowest BCUT2D eigenvalue weighted by atomic mass is 10.0. The summed E-state index contributed by atoms with van der Waals surface area (Å²) in [7, 11) is 0. The van der Waals surface area contributed by atoms with Gasteiger partial charge in [-0.05, 0) is 49.4 Å². The van der Waals surface area contributed by atoms with E-state index in [4.69, 9.17) is 5.11 Å². The molecule has 4 rings (SSSR count). The Bertz CT molecular complexity index is 1440. The Labute approximate surface area is 191 Å². The molecule has 0 aliphatic rings.